The first-order valence-electron chi connectivity index (χ1n) is 5.21. The number of hydrogen-bond acceptors (Lipinski definition) is 4. The van der Waals surface area contributed by atoms with Crippen LogP contribution >= 0.6 is 0 Å². The maximum atomic E-state index is 11.4. The van der Waals surface area contributed by atoms with Crippen LogP contribution in [0.4, 0.5) is 0 Å². The van der Waals surface area contributed by atoms with Crippen molar-refractivity contribution in [2.75, 3.05) is 33.5 Å². The van der Waals surface area contributed by atoms with Gasteiger partial charge in [0.05, 0.1) is 25.4 Å². The quantitative estimate of drug-likeness (QED) is 0.633. The molecule has 1 aliphatic heterocycles. The van der Waals surface area contributed by atoms with Crippen LogP contribution in [0.5, 0.6) is 0 Å². The number of nitrogens with one attached hydrogen (secondary N) is 1. The maximum absolute atomic E-state index is 11.4. The van der Waals surface area contributed by atoms with Gasteiger partial charge in [-0.25, -0.2) is 0 Å². The van der Waals surface area contributed by atoms with Gasteiger partial charge in [-0.1, -0.05) is 0 Å². The third-order valence-electron chi connectivity index (χ3n) is 2.39. The molecule has 0 bridgehead atoms. The summed E-state index contributed by atoms with van der Waals surface area (Å²) in [6, 6.07) is 0.128. The molecule has 2 atom stereocenters. The third kappa shape index (κ3) is 4.59. The van der Waals surface area contributed by atoms with Gasteiger partial charge in [-0.2, -0.15) is 0 Å². The zero-order chi connectivity index (χ0) is 11.1. The minimum Gasteiger partial charge on any atom is -0.382 e. The number of carbonyl (C=O) groups excluding carboxylic acids is 1. The molecular weight excluding hydrogens is 198 g/mol. The van der Waals surface area contributed by atoms with Crippen LogP contribution in [-0.2, 0) is 19.0 Å². The van der Waals surface area contributed by atoms with E-state index in [0.717, 1.165) is 13.0 Å². The summed E-state index contributed by atoms with van der Waals surface area (Å²) >= 11 is 0. The van der Waals surface area contributed by atoms with E-state index in [1.54, 1.807) is 7.11 Å². The normalized spacial score (nSPS) is 25.5. The Morgan fingerprint density at radius 1 is 1.53 bits per heavy atom. The van der Waals surface area contributed by atoms with Gasteiger partial charge >= 0.3 is 0 Å². The van der Waals surface area contributed by atoms with Crippen LogP contribution in [0.2, 0.25) is 0 Å². The first-order valence-corrected chi connectivity index (χ1v) is 5.21. The first kappa shape index (κ1) is 12.4. The van der Waals surface area contributed by atoms with Gasteiger partial charge in [0.2, 0.25) is 5.91 Å². The van der Waals surface area contributed by atoms with E-state index in [2.05, 4.69) is 5.32 Å². The van der Waals surface area contributed by atoms with Crippen LogP contribution in [0.15, 0.2) is 0 Å². The molecule has 5 heteroatoms. The predicted molar refractivity (Wildman–Crippen MR) is 54.7 cm³/mol. The van der Waals surface area contributed by atoms with Gasteiger partial charge in [-0.15, -0.1) is 0 Å². The van der Waals surface area contributed by atoms with Gasteiger partial charge in [0, 0.05) is 13.7 Å². The molecule has 1 heterocycles. The topological polar surface area (TPSA) is 56.8 Å². The zero-order valence-electron chi connectivity index (χ0n) is 9.32. The lowest BCUT2D eigenvalue weighted by molar-refractivity contribution is -0.127. The Balaban J connectivity index is 2.07. The second-order valence-electron chi connectivity index (χ2n) is 3.58. The second kappa shape index (κ2) is 6.76. The monoisotopic (exact) mass is 217 g/mol. The molecule has 1 fully saturated rings. The highest BCUT2D eigenvalue weighted by atomic mass is 16.5. The van der Waals surface area contributed by atoms with Crippen molar-refractivity contribution in [3.63, 3.8) is 0 Å². The smallest absolute Gasteiger partial charge is 0.246 e. The summed E-state index contributed by atoms with van der Waals surface area (Å²) in [5, 5.41) is 2.88. The van der Waals surface area contributed by atoms with Crippen molar-refractivity contribution in [1.29, 1.82) is 0 Å². The molecule has 1 N–H and O–H groups in total. The first-order chi connectivity index (χ1) is 7.24. The van der Waals surface area contributed by atoms with E-state index >= 15 is 0 Å². The summed E-state index contributed by atoms with van der Waals surface area (Å²) in [5.74, 6) is -0.0894. The number of hydrogen-bond donors (Lipinski definition) is 1. The Morgan fingerprint density at radius 2 is 2.33 bits per heavy atom. The minimum absolute atomic E-state index is 0.0894. The fraction of sp³-hybridized carbons (Fsp3) is 0.900. The van der Waals surface area contributed by atoms with Gasteiger partial charge in [-0.3, -0.25) is 4.79 Å². The van der Waals surface area contributed by atoms with Crippen LogP contribution in [0.25, 0.3) is 0 Å². The summed E-state index contributed by atoms with van der Waals surface area (Å²) in [6.45, 7) is 3.73. The van der Waals surface area contributed by atoms with E-state index in [0.29, 0.717) is 13.2 Å². The van der Waals surface area contributed by atoms with Gasteiger partial charge in [-0.05, 0) is 13.3 Å². The van der Waals surface area contributed by atoms with Crippen LogP contribution in [0.3, 0.4) is 0 Å². The maximum Gasteiger partial charge on any atom is 0.246 e. The molecule has 2 unspecified atom stereocenters. The van der Waals surface area contributed by atoms with Crippen LogP contribution in [0.1, 0.15) is 13.3 Å². The Morgan fingerprint density at radius 3 is 2.93 bits per heavy atom. The highest BCUT2D eigenvalue weighted by Crippen LogP contribution is 2.12. The van der Waals surface area contributed by atoms with E-state index in [9.17, 15) is 4.79 Å². The third-order valence-corrected chi connectivity index (χ3v) is 2.39. The van der Waals surface area contributed by atoms with Crippen LogP contribution < -0.4 is 5.32 Å². The SMILES string of the molecule is COCCOCC(=O)NC1CCOC1C. The van der Waals surface area contributed by atoms with Crippen molar-refractivity contribution in [2.24, 2.45) is 0 Å². The van der Waals surface area contributed by atoms with Gasteiger partial charge in [0.15, 0.2) is 0 Å². The Bertz CT molecular complexity index is 198. The van der Waals surface area contributed by atoms with E-state index in [1.807, 2.05) is 6.92 Å². The second-order valence-corrected chi connectivity index (χ2v) is 3.58. The Labute approximate surface area is 90.1 Å². The highest BCUT2D eigenvalue weighted by molar-refractivity contribution is 5.77. The van der Waals surface area contributed by atoms with Crippen molar-refractivity contribution >= 4 is 5.91 Å². The van der Waals surface area contributed by atoms with Crippen molar-refractivity contribution in [3.8, 4) is 0 Å². The number of carbonyl (C=O) groups is 1. The van der Waals surface area contributed by atoms with Crippen molar-refractivity contribution in [3.05, 3.63) is 0 Å². The molecule has 0 aromatic carbocycles. The van der Waals surface area contributed by atoms with E-state index in [4.69, 9.17) is 14.2 Å². The number of rotatable bonds is 6. The molecule has 1 aliphatic rings. The lowest BCUT2D eigenvalue weighted by Crippen LogP contribution is -2.41. The predicted octanol–water partition coefficient (Wildman–Crippen LogP) is -0.0570. The molecule has 0 aromatic rings. The molecule has 5 nitrogen and oxygen atoms in total. The molecule has 0 aliphatic carbocycles. The largest absolute Gasteiger partial charge is 0.382 e. The highest BCUT2D eigenvalue weighted by Gasteiger charge is 2.25. The van der Waals surface area contributed by atoms with Crippen molar-refractivity contribution in [1.82, 2.24) is 5.32 Å². The fourth-order valence-corrected chi connectivity index (χ4v) is 1.48. The summed E-state index contributed by atoms with van der Waals surface area (Å²) < 4.78 is 15.2. The molecule has 0 saturated carbocycles. The molecule has 0 aromatic heterocycles. The molecule has 0 radical (unpaired) electrons. The lowest BCUT2D eigenvalue weighted by Gasteiger charge is -2.15. The molecule has 0 spiro atoms. The fourth-order valence-electron chi connectivity index (χ4n) is 1.48. The average molecular weight is 217 g/mol. The summed E-state index contributed by atoms with van der Waals surface area (Å²) in [5.41, 5.74) is 0. The van der Waals surface area contributed by atoms with Crippen LogP contribution in [-0.4, -0.2) is 51.6 Å². The van der Waals surface area contributed by atoms with E-state index < -0.39 is 0 Å². The average Bonchev–Trinajstić information content (AvgIpc) is 2.59. The Kier molecular flexibility index (Phi) is 5.60. The molecule has 1 amide bonds. The standard InChI is InChI=1S/C10H19NO4/c1-8-9(3-4-15-8)11-10(12)7-14-6-5-13-2/h8-9H,3-7H2,1-2H3,(H,11,12). The van der Waals surface area contributed by atoms with E-state index in [1.165, 1.54) is 0 Å². The van der Waals surface area contributed by atoms with E-state index in [-0.39, 0.29) is 24.7 Å². The number of amides is 1. The molecule has 88 valence electrons. The molecule has 15 heavy (non-hydrogen) atoms. The van der Waals surface area contributed by atoms with Gasteiger partial charge in [0.25, 0.3) is 0 Å². The lowest BCUT2D eigenvalue weighted by atomic mass is 10.1. The summed E-state index contributed by atoms with van der Waals surface area (Å²) in [7, 11) is 1.60. The number of ether oxygens (including phenoxy) is 3. The molecule has 1 rings (SSSR count). The van der Waals surface area contributed by atoms with Crippen molar-refractivity contribution in [2.45, 2.75) is 25.5 Å². The van der Waals surface area contributed by atoms with Gasteiger partial charge in [0.1, 0.15) is 6.61 Å². The number of methoxy groups -OCH3 is 1. The summed E-state index contributed by atoms with van der Waals surface area (Å²) in [4.78, 5) is 11.4. The summed E-state index contributed by atoms with van der Waals surface area (Å²) in [6.07, 6.45) is 0.984. The molecular formula is C10H19NO4. The Hall–Kier alpha value is -0.650. The molecule has 1 saturated heterocycles. The van der Waals surface area contributed by atoms with Crippen LogP contribution in [0, 0.1) is 0 Å². The minimum atomic E-state index is -0.0894. The van der Waals surface area contributed by atoms with Crippen molar-refractivity contribution < 1.29 is 19.0 Å². The van der Waals surface area contributed by atoms with Gasteiger partial charge < -0.3 is 19.5 Å². The zero-order valence-corrected chi connectivity index (χ0v) is 9.32.